The first-order chi connectivity index (χ1) is 10.4. The molecule has 4 rings (SSSR count). The molecule has 0 amide bonds. The third-order valence-corrected chi connectivity index (χ3v) is 8.68. The van der Waals surface area contributed by atoms with E-state index in [2.05, 4.69) is 13.8 Å². The van der Waals surface area contributed by atoms with Crippen LogP contribution in [0.3, 0.4) is 0 Å². The van der Waals surface area contributed by atoms with Crippen LogP contribution < -0.4 is 5.73 Å². The second-order valence-corrected chi connectivity index (χ2v) is 9.48. The van der Waals surface area contributed by atoms with Gasteiger partial charge in [0.25, 0.3) is 0 Å². The van der Waals surface area contributed by atoms with Gasteiger partial charge in [-0.15, -0.1) is 0 Å². The van der Waals surface area contributed by atoms with Gasteiger partial charge >= 0.3 is 0 Å². The smallest absolute Gasteiger partial charge is 0.0855 e. The van der Waals surface area contributed by atoms with E-state index in [9.17, 15) is 10.2 Å². The first kappa shape index (κ1) is 15.4. The number of hydrogen-bond acceptors (Lipinski definition) is 3. The minimum absolute atomic E-state index is 0.0468. The highest BCUT2D eigenvalue weighted by Crippen LogP contribution is 2.66. The van der Waals surface area contributed by atoms with Crippen LogP contribution in [0.4, 0.5) is 0 Å². The maximum absolute atomic E-state index is 10.5. The number of nitrogens with two attached hydrogens (primary N) is 1. The van der Waals surface area contributed by atoms with Crippen molar-refractivity contribution in [1.82, 2.24) is 0 Å². The zero-order valence-electron chi connectivity index (χ0n) is 14.2. The monoisotopic (exact) mass is 307 g/mol. The van der Waals surface area contributed by atoms with Crippen molar-refractivity contribution in [3.63, 3.8) is 0 Å². The summed E-state index contributed by atoms with van der Waals surface area (Å²) in [6.45, 7) is 4.77. The summed E-state index contributed by atoms with van der Waals surface area (Å²) >= 11 is 0. The normalized spacial score (nSPS) is 61.2. The van der Waals surface area contributed by atoms with Crippen LogP contribution in [0.25, 0.3) is 0 Å². The maximum Gasteiger partial charge on any atom is 0.0855 e. The number of fused-ring (bicyclic) bond motifs is 5. The van der Waals surface area contributed by atoms with Crippen molar-refractivity contribution in [2.45, 2.75) is 83.5 Å². The second kappa shape index (κ2) is 4.94. The molecule has 0 unspecified atom stereocenters. The summed E-state index contributed by atoms with van der Waals surface area (Å²) in [6.07, 6.45) is 8.42. The Balaban J connectivity index is 1.63. The minimum atomic E-state index is -0.510. The van der Waals surface area contributed by atoms with Crippen LogP contribution in [0, 0.1) is 34.5 Å². The fourth-order valence-electron chi connectivity index (χ4n) is 7.28. The molecule has 3 nitrogen and oxygen atoms in total. The van der Waals surface area contributed by atoms with Crippen molar-refractivity contribution >= 4 is 0 Å². The predicted octanol–water partition coefficient (Wildman–Crippen LogP) is 2.69. The highest BCUT2D eigenvalue weighted by Gasteiger charge is 2.61. The Morgan fingerprint density at radius 2 is 1.59 bits per heavy atom. The van der Waals surface area contributed by atoms with Gasteiger partial charge in [-0.3, -0.25) is 0 Å². The van der Waals surface area contributed by atoms with Crippen LogP contribution >= 0.6 is 0 Å². The Morgan fingerprint density at radius 3 is 2.36 bits per heavy atom. The maximum atomic E-state index is 10.5. The van der Waals surface area contributed by atoms with E-state index < -0.39 is 12.2 Å². The third kappa shape index (κ3) is 1.91. The quantitative estimate of drug-likeness (QED) is 0.644. The molecule has 4 aliphatic rings. The molecule has 4 saturated carbocycles. The molecule has 0 aromatic heterocycles. The average molecular weight is 307 g/mol. The third-order valence-electron chi connectivity index (χ3n) is 8.68. The molecule has 126 valence electrons. The van der Waals surface area contributed by atoms with Crippen molar-refractivity contribution in [1.29, 1.82) is 0 Å². The first-order valence-electron chi connectivity index (χ1n) is 9.48. The molecule has 9 atom stereocenters. The highest BCUT2D eigenvalue weighted by atomic mass is 16.3. The SMILES string of the molecule is C[C@]12CC[C@H](N)C[C@H]1CC[C@@H]1[C@@H]2CC[C@]2(C)[C@@H](O)[C@H](O)C[C@@H]12. The molecule has 4 N–H and O–H groups in total. The van der Waals surface area contributed by atoms with Gasteiger partial charge in [0.05, 0.1) is 12.2 Å². The largest absolute Gasteiger partial charge is 0.390 e. The number of aliphatic hydroxyl groups excluding tert-OH is 2. The standard InChI is InChI=1S/C19H33NO2/c1-18-7-5-12(20)9-11(18)3-4-13-14(18)6-8-19(2)15(13)10-16(21)17(19)22/h11-17,21-22H,3-10,20H2,1-2H3/t11-,12+,13-,14+,15+,16-,17+,18+,19+/m1/s1. The molecule has 0 spiro atoms. The van der Waals surface area contributed by atoms with Crippen LogP contribution in [0.5, 0.6) is 0 Å². The molecule has 0 saturated heterocycles. The van der Waals surface area contributed by atoms with Crippen molar-refractivity contribution in [3.05, 3.63) is 0 Å². The minimum Gasteiger partial charge on any atom is -0.390 e. The molecule has 4 fully saturated rings. The van der Waals surface area contributed by atoms with E-state index >= 15 is 0 Å². The topological polar surface area (TPSA) is 66.5 Å². The summed E-state index contributed by atoms with van der Waals surface area (Å²) in [6, 6.07) is 0.415. The fourth-order valence-corrected chi connectivity index (χ4v) is 7.28. The van der Waals surface area contributed by atoms with Gasteiger partial charge in [0.2, 0.25) is 0 Å². The molecule has 0 aliphatic heterocycles. The van der Waals surface area contributed by atoms with Crippen LogP contribution in [0.2, 0.25) is 0 Å². The van der Waals surface area contributed by atoms with Gasteiger partial charge in [0.1, 0.15) is 0 Å². The van der Waals surface area contributed by atoms with Crippen LogP contribution in [-0.2, 0) is 0 Å². The Bertz CT molecular complexity index is 455. The van der Waals surface area contributed by atoms with Gasteiger partial charge in [-0.05, 0) is 85.9 Å². The summed E-state index contributed by atoms with van der Waals surface area (Å²) in [5.74, 6) is 2.82. The molecule has 0 aromatic rings. The lowest BCUT2D eigenvalue weighted by atomic mass is 9.45. The molecular formula is C19H33NO2. The second-order valence-electron chi connectivity index (χ2n) is 9.48. The zero-order chi connectivity index (χ0) is 15.7. The van der Waals surface area contributed by atoms with Crippen molar-refractivity contribution < 1.29 is 10.2 Å². The van der Waals surface area contributed by atoms with E-state index in [1.165, 1.54) is 38.5 Å². The molecular weight excluding hydrogens is 274 g/mol. The summed E-state index contributed by atoms with van der Waals surface area (Å²) in [5, 5.41) is 20.8. The summed E-state index contributed by atoms with van der Waals surface area (Å²) in [5.41, 5.74) is 6.66. The molecule has 4 aliphatic carbocycles. The van der Waals surface area contributed by atoms with Crippen molar-refractivity contribution in [2.24, 2.45) is 40.2 Å². The molecule has 3 heteroatoms. The zero-order valence-corrected chi connectivity index (χ0v) is 14.2. The van der Waals surface area contributed by atoms with Gasteiger partial charge in [-0.1, -0.05) is 13.8 Å². The van der Waals surface area contributed by atoms with Crippen LogP contribution in [-0.4, -0.2) is 28.5 Å². The van der Waals surface area contributed by atoms with Crippen LogP contribution in [0.1, 0.15) is 65.2 Å². The Kier molecular flexibility index (Phi) is 3.46. The van der Waals surface area contributed by atoms with Gasteiger partial charge in [-0.25, -0.2) is 0 Å². The van der Waals surface area contributed by atoms with Gasteiger partial charge in [0.15, 0.2) is 0 Å². The van der Waals surface area contributed by atoms with Gasteiger partial charge < -0.3 is 15.9 Å². The van der Waals surface area contributed by atoms with Crippen LogP contribution in [0.15, 0.2) is 0 Å². The van der Waals surface area contributed by atoms with E-state index in [-0.39, 0.29) is 5.41 Å². The van der Waals surface area contributed by atoms with E-state index in [1.807, 2.05) is 0 Å². The Hall–Kier alpha value is -0.120. The van der Waals surface area contributed by atoms with Crippen molar-refractivity contribution in [3.8, 4) is 0 Å². The molecule has 22 heavy (non-hydrogen) atoms. The number of rotatable bonds is 0. The number of aliphatic hydroxyl groups is 2. The van der Waals surface area contributed by atoms with E-state index in [1.54, 1.807) is 0 Å². The lowest BCUT2D eigenvalue weighted by molar-refractivity contribution is -0.125. The van der Waals surface area contributed by atoms with E-state index in [0.717, 1.165) is 24.7 Å². The summed E-state index contributed by atoms with van der Waals surface area (Å²) in [4.78, 5) is 0. The summed E-state index contributed by atoms with van der Waals surface area (Å²) < 4.78 is 0. The fraction of sp³-hybridized carbons (Fsp3) is 1.00. The van der Waals surface area contributed by atoms with Gasteiger partial charge in [0, 0.05) is 6.04 Å². The molecule has 0 radical (unpaired) electrons. The summed E-state index contributed by atoms with van der Waals surface area (Å²) in [7, 11) is 0. The lowest BCUT2D eigenvalue weighted by Gasteiger charge is -2.60. The molecule has 0 heterocycles. The van der Waals surface area contributed by atoms with E-state index in [0.29, 0.717) is 23.3 Å². The predicted molar refractivity (Wildman–Crippen MR) is 87.1 cm³/mol. The first-order valence-corrected chi connectivity index (χ1v) is 9.48. The lowest BCUT2D eigenvalue weighted by Crippen LogP contribution is -2.55. The molecule has 0 bridgehead atoms. The van der Waals surface area contributed by atoms with E-state index in [4.69, 9.17) is 5.73 Å². The molecule has 0 aromatic carbocycles. The van der Waals surface area contributed by atoms with Crippen molar-refractivity contribution in [2.75, 3.05) is 0 Å². The number of hydrogen-bond donors (Lipinski definition) is 3. The Labute approximate surface area is 134 Å². The Morgan fingerprint density at radius 1 is 0.864 bits per heavy atom. The van der Waals surface area contributed by atoms with Gasteiger partial charge in [-0.2, -0.15) is 0 Å². The highest BCUT2D eigenvalue weighted by molar-refractivity contribution is 5.11. The average Bonchev–Trinajstić information content (AvgIpc) is 2.72.